The number of hydrogen-bond donors (Lipinski definition) is 2. The number of carbonyl (C=O) groups is 1. The van der Waals surface area contributed by atoms with Gasteiger partial charge < -0.3 is 20.7 Å². The molecule has 2 atom stereocenters. The Hall–Kier alpha value is -0.950. The van der Waals surface area contributed by atoms with Crippen molar-refractivity contribution in [2.75, 3.05) is 19.7 Å². The standard InChI is InChI=1S/C23H37N3O2S/c1-5-18-12-19-20(29-18)6-9-28-23(19)7-8-26(15(2)13-23)14-16-10-17(11-16)25-21(27)22(3,4)24/h12,15-17H,5-11,13-14,24H2,1-4H3,(H,25,27)/t15-,16?,17?,23+/m0/s1. The summed E-state index contributed by atoms with van der Waals surface area (Å²) >= 11 is 2.00. The van der Waals surface area contributed by atoms with Crippen molar-refractivity contribution in [1.29, 1.82) is 0 Å². The maximum absolute atomic E-state index is 12.1. The number of fused-ring (bicyclic) bond motifs is 2. The summed E-state index contributed by atoms with van der Waals surface area (Å²) in [6, 6.07) is 3.25. The summed E-state index contributed by atoms with van der Waals surface area (Å²) < 4.78 is 6.47. The SMILES string of the molecule is CCc1cc2c(s1)CCO[C@@]21CCN(CC2CC(NC(=O)C(C)(C)N)C2)[C@@H](C)C1. The van der Waals surface area contributed by atoms with Gasteiger partial charge in [-0.3, -0.25) is 4.79 Å². The van der Waals surface area contributed by atoms with E-state index in [1.54, 1.807) is 18.7 Å². The molecule has 162 valence electrons. The van der Waals surface area contributed by atoms with Crippen LogP contribution in [0.25, 0.3) is 0 Å². The van der Waals surface area contributed by atoms with Gasteiger partial charge in [0.25, 0.3) is 0 Å². The second-order valence-electron chi connectivity index (χ2n) is 10.0. The lowest BCUT2D eigenvalue weighted by Crippen LogP contribution is -2.57. The Morgan fingerprint density at radius 1 is 1.45 bits per heavy atom. The van der Waals surface area contributed by atoms with E-state index in [1.165, 1.54) is 10.4 Å². The maximum Gasteiger partial charge on any atom is 0.239 e. The van der Waals surface area contributed by atoms with Crippen molar-refractivity contribution in [2.45, 2.75) is 89.4 Å². The average molecular weight is 420 g/mol. The first kappa shape index (κ1) is 21.3. The number of amides is 1. The van der Waals surface area contributed by atoms with Crippen molar-refractivity contribution < 1.29 is 9.53 Å². The normalized spacial score (nSPS) is 32.7. The van der Waals surface area contributed by atoms with Crippen LogP contribution in [-0.2, 0) is 28.0 Å². The lowest BCUT2D eigenvalue weighted by atomic mass is 9.76. The fraction of sp³-hybridized carbons (Fsp3) is 0.783. The molecule has 3 N–H and O–H groups in total. The Morgan fingerprint density at radius 3 is 2.86 bits per heavy atom. The molecule has 2 fully saturated rings. The van der Waals surface area contributed by atoms with Gasteiger partial charge in [0, 0.05) is 41.3 Å². The Kier molecular flexibility index (Phi) is 5.84. The monoisotopic (exact) mass is 419 g/mol. The van der Waals surface area contributed by atoms with Crippen LogP contribution in [0.1, 0.15) is 68.7 Å². The van der Waals surface area contributed by atoms with E-state index in [4.69, 9.17) is 10.5 Å². The number of carbonyl (C=O) groups excluding carboxylic acids is 1. The van der Waals surface area contributed by atoms with Crippen LogP contribution in [-0.4, -0.2) is 48.1 Å². The average Bonchev–Trinajstić information content (AvgIpc) is 3.06. The molecule has 1 saturated heterocycles. The summed E-state index contributed by atoms with van der Waals surface area (Å²) in [6.45, 7) is 11.2. The first-order valence-electron chi connectivity index (χ1n) is 11.3. The van der Waals surface area contributed by atoms with Crippen LogP contribution in [0.4, 0.5) is 0 Å². The third kappa shape index (κ3) is 4.27. The molecule has 0 aromatic carbocycles. The first-order chi connectivity index (χ1) is 13.7. The third-order valence-electron chi connectivity index (χ3n) is 7.11. The zero-order chi connectivity index (χ0) is 20.8. The molecular formula is C23H37N3O2S. The lowest BCUT2D eigenvalue weighted by Gasteiger charge is -2.49. The summed E-state index contributed by atoms with van der Waals surface area (Å²) in [7, 11) is 0. The van der Waals surface area contributed by atoms with Crippen molar-refractivity contribution >= 4 is 17.2 Å². The second-order valence-corrected chi connectivity index (χ2v) is 11.2. The predicted octanol–water partition coefficient (Wildman–Crippen LogP) is 3.19. The van der Waals surface area contributed by atoms with Crippen molar-refractivity contribution in [3.05, 3.63) is 21.4 Å². The number of ether oxygens (including phenoxy) is 1. The zero-order valence-corrected chi connectivity index (χ0v) is 19.2. The van der Waals surface area contributed by atoms with Gasteiger partial charge in [0.15, 0.2) is 0 Å². The van der Waals surface area contributed by atoms with Crippen molar-refractivity contribution in [2.24, 2.45) is 11.7 Å². The minimum absolute atomic E-state index is 0.0401. The number of rotatable bonds is 5. The lowest BCUT2D eigenvalue weighted by molar-refractivity contribution is -0.127. The van der Waals surface area contributed by atoms with E-state index in [0.717, 1.165) is 58.2 Å². The number of thiophene rings is 1. The largest absolute Gasteiger partial charge is 0.370 e. The highest BCUT2D eigenvalue weighted by atomic mass is 32.1. The number of nitrogens with two attached hydrogens (primary N) is 1. The van der Waals surface area contributed by atoms with Gasteiger partial charge in [-0.15, -0.1) is 11.3 Å². The molecule has 1 amide bonds. The molecular weight excluding hydrogens is 382 g/mol. The summed E-state index contributed by atoms with van der Waals surface area (Å²) in [6.07, 6.45) is 6.53. The zero-order valence-electron chi connectivity index (χ0n) is 18.4. The second kappa shape index (κ2) is 7.95. The Labute approximate surface area is 179 Å². The van der Waals surface area contributed by atoms with Gasteiger partial charge in [0.1, 0.15) is 0 Å². The summed E-state index contributed by atoms with van der Waals surface area (Å²) in [5.41, 5.74) is 6.53. The summed E-state index contributed by atoms with van der Waals surface area (Å²) in [4.78, 5) is 17.8. The topological polar surface area (TPSA) is 67.6 Å². The highest BCUT2D eigenvalue weighted by molar-refractivity contribution is 7.12. The van der Waals surface area contributed by atoms with Crippen molar-refractivity contribution in [3.8, 4) is 0 Å². The molecule has 0 radical (unpaired) electrons. The third-order valence-corrected chi connectivity index (χ3v) is 8.45. The molecule has 29 heavy (non-hydrogen) atoms. The van der Waals surface area contributed by atoms with E-state index >= 15 is 0 Å². The molecule has 1 aromatic rings. The molecule has 5 nitrogen and oxygen atoms in total. The van der Waals surface area contributed by atoms with Crippen LogP contribution in [0.5, 0.6) is 0 Å². The Balaban J connectivity index is 1.31. The molecule has 3 heterocycles. The highest BCUT2D eigenvalue weighted by Gasteiger charge is 2.45. The molecule has 0 unspecified atom stereocenters. The summed E-state index contributed by atoms with van der Waals surface area (Å²) in [5, 5.41) is 3.10. The quantitative estimate of drug-likeness (QED) is 0.769. The van der Waals surface area contributed by atoms with Crippen LogP contribution >= 0.6 is 11.3 Å². The molecule has 0 bridgehead atoms. The van der Waals surface area contributed by atoms with Gasteiger partial charge in [-0.1, -0.05) is 6.92 Å². The van der Waals surface area contributed by atoms with E-state index in [1.807, 2.05) is 11.3 Å². The van der Waals surface area contributed by atoms with Crippen molar-refractivity contribution in [3.63, 3.8) is 0 Å². The minimum Gasteiger partial charge on any atom is -0.370 e. The van der Waals surface area contributed by atoms with Crippen LogP contribution in [0, 0.1) is 5.92 Å². The molecule has 2 aliphatic heterocycles. The summed E-state index contributed by atoms with van der Waals surface area (Å²) in [5.74, 6) is 0.634. The fourth-order valence-corrected chi connectivity index (χ4v) is 6.43. The number of likely N-dealkylation sites (tertiary alicyclic amines) is 1. The van der Waals surface area contributed by atoms with Gasteiger partial charge in [-0.25, -0.2) is 0 Å². The highest BCUT2D eigenvalue weighted by Crippen LogP contribution is 2.46. The molecule has 4 rings (SSSR count). The van der Waals surface area contributed by atoms with Crippen LogP contribution in [0.2, 0.25) is 0 Å². The van der Waals surface area contributed by atoms with E-state index in [2.05, 4.69) is 30.1 Å². The fourth-order valence-electron chi connectivity index (χ4n) is 5.25. The smallest absolute Gasteiger partial charge is 0.239 e. The van der Waals surface area contributed by atoms with E-state index in [0.29, 0.717) is 18.0 Å². The maximum atomic E-state index is 12.1. The predicted molar refractivity (Wildman–Crippen MR) is 118 cm³/mol. The van der Waals surface area contributed by atoms with E-state index in [9.17, 15) is 4.79 Å². The number of hydrogen-bond acceptors (Lipinski definition) is 5. The molecule has 1 saturated carbocycles. The van der Waals surface area contributed by atoms with Gasteiger partial charge in [0.2, 0.25) is 5.91 Å². The van der Waals surface area contributed by atoms with Crippen LogP contribution < -0.4 is 11.1 Å². The van der Waals surface area contributed by atoms with Crippen LogP contribution in [0.3, 0.4) is 0 Å². The van der Waals surface area contributed by atoms with Crippen molar-refractivity contribution in [1.82, 2.24) is 10.2 Å². The van der Waals surface area contributed by atoms with Crippen LogP contribution in [0.15, 0.2) is 6.07 Å². The minimum atomic E-state index is -0.793. The molecule has 1 aliphatic carbocycles. The van der Waals surface area contributed by atoms with Gasteiger partial charge in [-0.05, 0) is 70.4 Å². The van der Waals surface area contributed by atoms with E-state index in [-0.39, 0.29) is 11.5 Å². The molecule has 1 aromatic heterocycles. The van der Waals surface area contributed by atoms with Gasteiger partial charge in [-0.2, -0.15) is 0 Å². The number of nitrogens with one attached hydrogen (secondary N) is 1. The number of aryl methyl sites for hydroxylation is 1. The first-order valence-corrected chi connectivity index (χ1v) is 12.1. The van der Waals surface area contributed by atoms with Gasteiger partial charge in [0.05, 0.1) is 17.7 Å². The number of nitrogens with zero attached hydrogens (tertiary/aromatic N) is 1. The van der Waals surface area contributed by atoms with E-state index < -0.39 is 5.54 Å². The Bertz CT molecular complexity index is 750. The Morgan fingerprint density at radius 2 is 2.21 bits per heavy atom. The molecule has 1 spiro atoms. The number of piperidine rings is 1. The molecule has 6 heteroatoms. The molecule has 3 aliphatic rings. The van der Waals surface area contributed by atoms with Gasteiger partial charge >= 0.3 is 0 Å².